The van der Waals surface area contributed by atoms with Crippen molar-refractivity contribution in [3.05, 3.63) is 58.7 Å². The maximum atomic E-state index is 13.4. The van der Waals surface area contributed by atoms with Crippen LogP contribution in [-0.4, -0.2) is 20.5 Å². The van der Waals surface area contributed by atoms with Gasteiger partial charge in [-0.2, -0.15) is 0 Å². The molecule has 5 nitrogen and oxygen atoms in total. The van der Waals surface area contributed by atoms with E-state index in [-0.39, 0.29) is 10.3 Å². The number of nitrogens with zero attached hydrogens (tertiary/aromatic N) is 1. The Labute approximate surface area is 214 Å². The van der Waals surface area contributed by atoms with E-state index < -0.39 is 10.0 Å². The average Bonchev–Trinajstić information content (AvgIpc) is 3.18. The molecule has 7 heteroatoms. The standard InChI is InChI=1S/C28H36N2O3S2/c1-19-27(34-26(29-19)17-20-9-7-6-8-10-20)21-11-16-24(33-5)25(18-21)35(31,32)30-23-14-12-22(13-15-23)28(2,3)4/h11-16,18,20,30H,6-10,17H2,1-5H3. The maximum Gasteiger partial charge on any atom is 0.265 e. The van der Waals surface area contributed by atoms with E-state index >= 15 is 0 Å². The Morgan fingerprint density at radius 2 is 1.74 bits per heavy atom. The second-order valence-corrected chi connectivity index (χ2v) is 13.3. The van der Waals surface area contributed by atoms with Crippen molar-refractivity contribution in [3.63, 3.8) is 0 Å². The number of anilines is 1. The Balaban J connectivity index is 1.61. The number of aromatic nitrogens is 1. The van der Waals surface area contributed by atoms with Crippen LogP contribution in [0.2, 0.25) is 0 Å². The van der Waals surface area contributed by atoms with Gasteiger partial charge in [0.15, 0.2) is 0 Å². The Morgan fingerprint density at radius 1 is 1.06 bits per heavy atom. The molecule has 0 spiro atoms. The molecule has 0 atom stereocenters. The lowest BCUT2D eigenvalue weighted by Crippen LogP contribution is -2.15. The van der Waals surface area contributed by atoms with E-state index in [1.54, 1.807) is 35.6 Å². The normalized spacial score (nSPS) is 15.2. The first-order chi connectivity index (χ1) is 16.6. The van der Waals surface area contributed by atoms with E-state index in [0.29, 0.717) is 17.4 Å². The third-order valence-electron chi connectivity index (χ3n) is 6.75. The highest BCUT2D eigenvalue weighted by molar-refractivity contribution is 7.92. The number of hydrogen-bond donors (Lipinski definition) is 1. The first-order valence-corrected chi connectivity index (χ1v) is 14.6. The molecule has 1 aliphatic carbocycles. The van der Waals surface area contributed by atoms with Gasteiger partial charge >= 0.3 is 0 Å². The van der Waals surface area contributed by atoms with Crippen molar-refractivity contribution in [2.45, 2.75) is 76.5 Å². The Hall–Kier alpha value is -2.38. The van der Waals surface area contributed by atoms with E-state index in [1.807, 2.05) is 25.1 Å². The summed E-state index contributed by atoms with van der Waals surface area (Å²) in [5.74, 6) is 1.03. The zero-order chi connectivity index (χ0) is 25.2. The van der Waals surface area contributed by atoms with Gasteiger partial charge in [0.1, 0.15) is 10.6 Å². The SMILES string of the molecule is COc1ccc(-c2sc(CC3CCCCC3)nc2C)cc1S(=O)(=O)Nc1ccc(C(C)(C)C)cc1. The minimum Gasteiger partial charge on any atom is -0.495 e. The summed E-state index contributed by atoms with van der Waals surface area (Å²) >= 11 is 1.68. The summed E-state index contributed by atoms with van der Waals surface area (Å²) in [7, 11) is -2.36. The summed E-state index contributed by atoms with van der Waals surface area (Å²) in [6, 6.07) is 12.9. The van der Waals surface area contributed by atoms with Crippen molar-refractivity contribution in [2.75, 3.05) is 11.8 Å². The molecule has 1 fully saturated rings. The summed E-state index contributed by atoms with van der Waals surface area (Å²) in [5, 5.41) is 1.14. The van der Waals surface area contributed by atoms with Gasteiger partial charge in [-0.1, -0.05) is 65.0 Å². The van der Waals surface area contributed by atoms with Crippen molar-refractivity contribution in [2.24, 2.45) is 5.92 Å². The molecule has 0 unspecified atom stereocenters. The molecule has 2 aromatic carbocycles. The van der Waals surface area contributed by atoms with Gasteiger partial charge in [0.25, 0.3) is 10.0 Å². The quantitative estimate of drug-likeness (QED) is 0.359. The smallest absolute Gasteiger partial charge is 0.265 e. The van der Waals surface area contributed by atoms with E-state index in [2.05, 4.69) is 25.5 Å². The third kappa shape index (κ3) is 6.07. The summed E-state index contributed by atoms with van der Waals surface area (Å²) in [4.78, 5) is 5.98. The van der Waals surface area contributed by atoms with Crippen LogP contribution in [0.25, 0.3) is 10.4 Å². The Morgan fingerprint density at radius 3 is 2.37 bits per heavy atom. The molecule has 1 N–H and O–H groups in total. The fraction of sp³-hybridized carbons (Fsp3) is 0.464. The van der Waals surface area contributed by atoms with Crippen LogP contribution in [0.3, 0.4) is 0 Å². The molecular weight excluding hydrogens is 476 g/mol. The second-order valence-electron chi connectivity index (χ2n) is 10.5. The number of thiazole rings is 1. The zero-order valence-electron chi connectivity index (χ0n) is 21.3. The molecule has 0 saturated heterocycles. The van der Waals surface area contributed by atoms with Crippen LogP contribution in [0.4, 0.5) is 5.69 Å². The predicted molar refractivity (Wildman–Crippen MR) is 145 cm³/mol. The molecule has 0 amide bonds. The number of ether oxygens (including phenoxy) is 1. The van der Waals surface area contributed by atoms with Crippen LogP contribution in [-0.2, 0) is 21.9 Å². The van der Waals surface area contributed by atoms with Crippen LogP contribution in [0, 0.1) is 12.8 Å². The number of hydrogen-bond acceptors (Lipinski definition) is 5. The van der Waals surface area contributed by atoms with Crippen molar-refractivity contribution in [3.8, 4) is 16.2 Å². The van der Waals surface area contributed by atoms with Crippen LogP contribution >= 0.6 is 11.3 Å². The molecule has 4 rings (SSSR count). The fourth-order valence-electron chi connectivity index (χ4n) is 4.72. The number of aryl methyl sites for hydroxylation is 1. The molecule has 0 radical (unpaired) electrons. The molecule has 35 heavy (non-hydrogen) atoms. The summed E-state index contributed by atoms with van der Waals surface area (Å²) < 4.78 is 34.9. The highest BCUT2D eigenvalue weighted by Gasteiger charge is 2.23. The lowest BCUT2D eigenvalue weighted by atomic mass is 9.87. The first-order valence-electron chi connectivity index (χ1n) is 12.3. The van der Waals surface area contributed by atoms with Gasteiger partial charge in [0.05, 0.1) is 22.7 Å². The minimum atomic E-state index is -3.85. The number of rotatable bonds is 7. The molecular formula is C28H36N2O3S2. The van der Waals surface area contributed by atoms with E-state index in [0.717, 1.165) is 33.1 Å². The van der Waals surface area contributed by atoms with Gasteiger partial charge in [-0.25, -0.2) is 13.4 Å². The number of methoxy groups -OCH3 is 1. The Bertz CT molecular complexity index is 1270. The third-order valence-corrected chi connectivity index (χ3v) is 9.38. The molecule has 188 valence electrons. The monoisotopic (exact) mass is 512 g/mol. The number of nitrogens with one attached hydrogen (secondary N) is 1. The molecule has 3 aromatic rings. The highest BCUT2D eigenvalue weighted by Crippen LogP contribution is 2.37. The van der Waals surface area contributed by atoms with E-state index in [9.17, 15) is 8.42 Å². The predicted octanol–water partition coefficient (Wildman–Crippen LogP) is 7.35. The highest BCUT2D eigenvalue weighted by atomic mass is 32.2. The van der Waals surface area contributed by atoms with Gasteiger partial charge < -0.3 is 4.74 Å². The molecule has 1 saturated carbocycles. The minimum absolute atomic E-state index is 0.00258. The largest absolute Gasteiger partial charge is 0.495 e. The second kappa shape index (κ2) is 10.3. The van der Waals surface area contributed by atoms with Crippen molar-refractivity contribution < 1.29 is 13.2 Å². The summed E-state index contributed by atoms with van der Waals surface area (Å²) in [5.41, 5.74) is 3.45. The maximum absolute atomic E-state index is 13.4. The summed E-state index contributed by atoms with van der Waals surface area (Å²) in [6.07, 6.45) is 7.54. The van der Waals surface area contributed by atoms with E-state index in [4.69, 9.17) is 9.72 Å². The number of sulfonamides is 1. The van der Waals surface area contributed by atoms with Crippen LogP contribution < -0.4 is 9.46 Å². The average molecular weight is 513 g/mol. The van der Waals surface area contributed by atoms with Gasteiger partial charge in [-0.3, -0.25) is 4.72 Å². The summed E-state index contributed by atoms with van der Waals surface area (Å²) in [6.45, 7) is 8.39. The topological polar surface area (TPSA) is 68.3 Å². The lowest BCUT2D eigenvalue weighted by Gasteiger charge is -2.20. The molecule has 0 aliphatic heterocycles. The molecule has 1 aromatic heterocycles. The van der Waals surface area contributed by atoms with Gasteiger partial charge in [-0.15, -0.1) is 11.3 Å². The lowest BCUT2D eigenvalue weighted by molar-refractivity contribution is 0.356. The fourth-order valence-corrected chi connectivity index (χ4v) is 7.15. The van der Waals surface area contributed by atoms with Crippen LogP contribution in [0.5, 0.6) is 5.75 Å². The van der Waals surface area contributed by atoms with E-state index in [1.165, 1.54) is 39.2 Å². The zero-order valence-corrected chi connectivity index (χ0v) is 23.0. The first kappa shape index (κ1) is 25.7. The van der Waals surface area contributed by atoms with Crippen LogP contribution in [0.1, 0.15) is 69.1 Å². The number of benzene rings is 2. The van der Waals surface area contributed by atoms with Crippen molar-refractivity contribution in [1.29, 1.82) is 0 Å². The Kier molecular flexibility index (Phi) is 7.57. The van der Waals surface area contributed by atoms with Crippen LogP contribution in [0.15, 0.2) is 47.4 Å². The molecule has 1 heterocycles. The van der Waals surface area contributed by atoms with Crippen molar-refractivity contribution in [1.82, 2.24) is 4.98 Å². The van der Waals surface area contributed by atoms with Gasteiger partial charge in [0.2, 0.25) is 0 Å². The van der Waals surface area contributed by atoms with Gasteiger partial charge in [-0.05, 0) is 59.7 Å². The molecule has 0 bridgehead atoms. The van der Waals surface area contributed by atoms with Gasteiger partial charge in [0, 0.05) is 12.1 Å². The molecule has 1 aliphatic rings. The van der Waals surface area contributed by atoms with Crippen molar-refractivity contribution >= 4 is 27.0 Å².